The highest BCUT2D eigenvalue weighted by molar-refractivity contribution is 7.10. The van der Waals surface area contributed by atoms with E-state index in [0.29, 0.717) is 30.6 Å². The Morgan fingerprint density at radius 1 is 1.33 bits per heavy atom. The Labute approximate surface area is 161 Å². The summed E-state index contributed by atoms with van der Waals surface area (Å²) in [6, 6.07) is 7.68. The molecule has 0 radical (unpaired) electrons. The number of dihydropyridines is 1. The Morgan fingerprint density at radius 3 is 2.85 bits per heavy atom. The quantitative estimate of drug-likeness (QED) is 0.799. The molecule has 5 nitrogen and oxygen atoms in total. The number of Topliss-reactive ketones (excluding diaryl/α,β-unsaturated/α-hetero) is 1. The molecule has 3 heterocycles. The van der Waals surface area contributed by atoms with Crippen LogP contribution in [0, 0.1) is 0 Å². The molecule has 0 saturated heterocycles. The van der Waals surface area contributed by atoms with Gasteiger partial charge in [0.05, 0.1) is 24.4 Å². The number of nitrogens with one attached hydrogen (secondary N) is 1. The molecule has 0 unspecified atom stereocenters. The lowest BCUT2D eigenvalue weighted by atomic mass is 9.74. The third-order valence-electron chi connectivity index (χ3n) is 5.10. The minimum Gasteiger partial charge on any atom is -0.469 e. The van der Waals surface area contributed by atoms with E-state index in [-0.39, 0.29) is 23.6 Å². The number of hydrogen-bond acceptors (Lipinski definition) is 6. The number of ketones is 1. The van der Waals surface area contributed by atoms with Gasteiger partial charge in [-0.15, -0.1) is 11.3 Å². The largest absolute Gasteiger partial charge is 0.469 e. The normalized spacial score (nSPS) is 22.5. The minimum absolute atomic E-state index is 0.0136. The summed E-state index contributed by atoms with van der Waals surface area (Å²) < 4.78 is 10.8. The van der Waals surface area contributed by atoms with Crippen molar-refractivity contribution >= 4 is 23.1 Å². The van der Waals surface area contributed by atoms with Crippen LogP contribution in [0.1, 0.15) is 49.2 Å². The zero-order valence-electron chi connectivity index (χ0n) is 15.3. The van der Waals surface area contributed by atoms with Gasteiger partial charge in [-0.25, -0.2) is 4.79 Å². The Balaban J connectivity index is 1.78. The van der Waals surface area contributed by atoms with Crippen LogP contribution in [0.5, 0.6) is 0 Å². The van der Waals surface area contributed by atoms with Crippen molar-refractivity contribution < 1.29 is 18.7 Å². The number of ether oxygens (including phenoxy) is 1. The third-order valence-corrected chi connectivity index (χ3v) is 6.03. The zero-order chi connectivity index (χ0) is 19.0. The lowest BCUT2D eigenvalue weighted by Crippen LogP contribution is -2.35. The predicted octanol–water partition coefficient (Wildman–Crippen LogP) is 4.27. The van der Waals surface area contributed by atoms with Crippen LogP contribution in [-0.4, -0.2) is 18.4 Å². The molecule has 0 bridgehead atoms. The van der Waals surface area contributed by atoms with Crippen molar-refractivity contribution in [3.05, 3.63) is 69.1 Å². The van der Waals surface area contributed by atoms with E-state index in [0.717, 1.165) is 22.0 Å². The standard InChI is InChI=1S/C21H21NO4S/c1-3-25-21(24)18-12(2)22-14-10-13(16-6-4-8-26-16)11-15(23)19(14)20(18)17-7-5-9-27-17/h4-9,13,20,22H,3,10-11H2,1-2H3/t13-,20+/m0/s1. The summed E-state index contributed by atoms with van der Waals surface area (Å²) in [4.78, 5) is 26.8. The van der Waals surface area contributed by atoms with E-state index in [4.69, 9.17) is 9.15 Å². The van der Waals surface area contributed by atoms with E-state index in [1.54, 1.807) is 24.5 Å². The zero-order valence-corrected chi connectivity index (χ0v) is 16.1. The van der Waals surface area contributed by atoms with Crippen molar-refractivity contribution in [1.82, 2.24) is 5.32 Å². The molecule has 27 heavy (non-hydrogen) atoms. The molecule has 6 heteroatoms. The number of carbonyl (C=O) groups excluding carboxylic acids is 2. The van der Waals surface area contributed by atoms with Crippen LogP contribution >= 0.6 is 11.3 Å². The Hall–Kier alpha value is -2.60. The molecule has 140 valence electrons. The maximum atomic E-state index is 13.2. The first kappa shape index (κ1) is 17.8. The third kappa shape index (κ3) is 3.14. The summed E-state index contributed by atoms with van der Waals surface area (Å²) in [5.74, 6) is 0.151. The van der Waals surface area contributed by atoms with Crippen LogP contribution in [0.15, 0.2) is 62.9 Å². The van der Waals surface area contributed by atoms with Gasteiger partial charge in [0, 0.05) is 34.2 Å². The number of esters is 1. The van der Waals surface area contributed by atoms with Gasteiger partial charge < -0.3 is 14.5 Å². The highest BCUT2D eigenvalue weighted by atomic mass is 32.1. The van der Waals surface area contributed by atoms with Crippen LogP contribution in [0.25, 0.3) is 0 Å². The van der Waals surface area contributed by atoms with Crippen molar-refractivity contribution in [3.8, 4) is 0 Å². The Morgan fingerprint density at radius 2 is 2.19 bits per heavy atom. The maximum Gasteiger partial charge on any atom is 0.336 e. The first-order valence-electron chi connectivity index (χ1n) is 9.08. The smallest absolute Gasteiger partial charge is 0.336 e. The van der Waals surface area contributed by atoms with Crippen molar-refractivity contribution in [3.63, 3.8) is 0 Å². The van der Waals surface area contributed by atoms with Gasteiger partial charge in [-0.1, -0.05) is 6.07 Å². The molecular weight excluding hydrogens is 362 g/mol. The number of hydrogen-bond donors (Lipinski definition) is 1. The van der Waals surface area contributed by atoms with Crippen LogP contribution < -0.4 is 5.32 Å². The number of carbonyl (C=O) groups is 2. The second-order valence-corrected chi connectivity index (χ2v) is 7.75. The molecule has 2 aliphatic rings. The minimum atomic E-state index is -0.370. The fourth-order valence-corrected chi connectivity index (χ4v) is 4.83. The summed E-state index contributed by atoms with van der Waals surface area (Å²) in [6.07, 6.45) is 2.70. The molecule has 2 atom stereocenters. The first-order valence-corrected chi connectivity index (χ1v) is 9.96. The summed E-state index contributed by atoms with van der Waals surface area (Å²) in [6.45, 7) is 3.96. The predicted molar refractivity (Wildman–Crippen MR) is 102 cm³/mol. The molecule has 1 aliphatic heterocycles. The van der Waals surface area contributed by atoms with Gasteiger partial charge in [-0.3, -0.25) is 4.79 Å². The summed E-state index contributed by atoms with van der Waals surface area (Å²) in [5.41, 5.74) is 2.85. The SMILES string of the molecule is CCOC(=O)C1=C(C)NC2=C(C(=O)C[C@@H](c3ccco3)C2)[C@@H]1c1cccs1. The lowest BCUT2D eigenvalue weighted by Gasteiger charge is -2.35. The second kappa shape index (κ2) is 7.19. The van der Waals surface area contributed by atoms with Crippen molar-refractivity contribution in [2.75, 3.05) is 6.61 Å². The fourth-order valence-electron chi connectivity index (χ4n) is 3.98. The molecule has 0 fully saturated rings. The van der Waals surface area contributed by atoms with Crippen molar-refractivity contribution in [2.45, 2.75) is 38.5 Å². The highest BCUT2D eigenvalue weighted by Gasteiger charge is 2.42. The molecule has 2 aromatic rings. The van der Waals surface area contributed by atoms with Gasteiger partial charge in [0.1, 0.15) is 5.76 Å². The first-order chi connectivity index (χ1) is 13.1. The molecule has 0 spiro atoms. The molecule has 0 aromatic carbocycles. The van der Waals surface area contributed by atoms with E-state index in [2.05, 4.69) is 5.32 Å². The van der Waals surface area contributed by atoms with Gasteiger partial charge in [0.15, 0.2) is 5.78 Å². The molecule has 0 amide bonds. The van der Waals surface area contributed by atoms with Crippen LogP contribution in [0.2, 0.25) is 0 Å². The van der Waals surface area contributed by atoms with Crippen molar-refractivity contribution in [1.29, 1.82) is 0 Å². The van der Waals surface area contributed by atoms with Crippen LogP contribution in [0.4, 0.5) is 0 Å². The van der Waals surface area contributed by atoms with E-state index >= 15 is 0 Å². The topological polar surface area (TPSA) is 68.5 Å². The van der Waals surface area contributed by atoms with Crippen molar-refractivity contribution in [2.24, 2.45) is 0 Å². The molecule has 1 N–H and O–H groups in total. The van der Waals surface area contributed by atoms with Crippen LogP contribution in [0.3, 0.4) is 0 Å². The number of furan rings is 1. The van der Waals surface area contributed by atoms with E-state index < -0.39 is 0 Å². The highest BCUT2D eigenvalue weighted by Crippen LogP contribution is 2.46. The Bertz CT molecular complexity index is 922. The van der Waals surface area contributed by atoms with Crippen LogP contribution in [-0.2, 0) is 14.3 Å². The van der Waals surface area contributed by atoms with Gasteiger partial charge in [-0.2, -0.15) is 0 Å². The monoisotopic (exact) mass is 383 g/mol. The average Bonchev–Trinajstić information content (AvgIpc) is 3.34. The second-order valence-electron chi connectivity index (χ2n) is 6.77. The van der Waals surface area contributed by atoms with Gasteiger partial charge in [-0.05, 0) is 43.8 Å². The maximum absolute atomic E-state index is 13.2. The van der Waals surface area contributed by atoms with E-state index in [1.165, 1.54) is 0 Å². The summed E-state index contributed by atoms with van der Waals surface area (Å²) in [7, 11) is 0. The number of allylic oxidation sites excluding steroid dienone is 3. The van der Waals surface area contributed by atoms with Gasteiger partial charge in [0.25, 0.3) is 0 Å². The molecule has 1 aliphatic carbocycles. The molecule has 2 aromatic heterocycles. The fraction of sp³-hybridized carbons (Fsp3) is 0.333. The molecular formula is C21H21NO4S. The van der Waals surface area contributed by atoms with Gasteiger partial charge >= 0.3 is 5.97 Å². The average molecular weight is 383 g/mol. The Kier molecular flexibility index (Phi) is 4.74. The van der Waals surface area contributed by atoms with E-state index in [9.17, 15) is 9.59 Å². The summed E-state index contributed by atoms with van der Waals surface area (Å²) in [5, 5.41) is 5.29. The summed E-state index contributed by atoms with van der Waals surface area (Å²) >= 11 is 1.55. The van der Waals surface area contributed by atoms with Gasteiger partial charge in [0.2, 0.25) is 0 Å². The number of thiophene rings is 1. The lowest BCUT2D eigenvalue weighted by molar-refractivity contribution is -0.138. The van der Waals surface area contributed by atoms with E-state index in [1.807, 2.05) is 36.6 Å². The molecule has 0 saturated carbocycles. The molecule has 4 rings (SSSR count). The number of rotatable bonds is 4.